The van der Waals surface area contributed by atoms with E-state index in [1.807, 2.05) is 6.07 Å². The fourth-order valence-corrected chi connectivity index (χ4v) is 1.77. The monoisotopic (exact) mass is 306 g/mol. The van der Waals surface area contributed by atoms with Crippen molar-refractivity contribution < 1.29 is 19.1 Å². The van der Waals surface area contributed by atoms with E-state index in [9.17, 15) is 14.4 Å². The standard InChI is InChI=1S/C16H22N2O4/c1-3-22-14(19)10-7-11-17-15(20)12(2)18-16(21)13-8-5-4-6-9-13/h4-6,8-9,12H,3,7,10-11H2,1-2H3,(H,17,20)(H,18,21). The summed E-state index contributed by atoms with van der Waals surface area (Å²) < 4.78 is 4.79. The topological polar surface area (TPSA) is 84.5 Å². The third-order valence-corrected chi connectivity index (χ3v) is 2.94. The molecule has 0 aliphatic heterocycles. The molecule has 6 nitrogen and oxygen atoms in total. The number of carbonyl (C=O) groups excluding carboxylic acids is 3. The fourth-order valence-electron chi connectivity index (χ4n) is 1.77. The van der Waals surface area contributed by atoms with Gasteiger partial charge in [0, 0.05) is 18.5 Å². The molecule has 0 aliphatic rings. The van der Waals surface area contributed by atoms with E-state index in [-0.39, 0.29) is 24.2 Å². The van der Waals surface area contributed by atoms with E-state index >= 15 is 0 Å². The van der Waals surface area contributed by atoms with Crippen molar-refractivity contribution in [2.24, 2.45) is 0 Å². The number of carbonyl (C=O) groups is 3. The van der Waals surface area contributed by atoms with E-state index < -0.39 is 6.04 Å². The van der Waals surface area contributed by atoms with Gasteiger partial charge in [-0.15, -0.1) is 0 Å². The van der Waals surface area contributed by atoms with Crippen LogP contribution < -0.4 is 10.6 Å². The molecular weight excluding hydrogens is 284 g/mol. The van der Waals surface area contributed by atoms with Gasteiger partial charge in [0.2, 0.25) is 5.91 Å². The second kappa shape index (κ2) is 9.55. The van der Waals surface area contributed by atoms with Crippen LogP contribution in [-0.4, -0.2) is 37.0 Å². The molecule has 2 N–H and O–H groups in total. The second-order valence-electron chi connectivity index (χ2n) is 4.76. The van der Waals surface area contributed by atoms with Crippen LogP contribution in [0.2, 0.25) is 0 Å². The molecule has 0 saturated heterocycles. The van der Waals surface area contributed by atoms with E-state index in [1.54, 1.807) is 38.1 Å². The Kier molecular flexibility index (Phi) is 7.67. The van der Waals surface area contributed by atoms with Gasteiger partial charge in [0.25, 0.3) is 5.91 Å². The average molecular weight is 306 g/mol. The minimum atomic E-state index is -0.643. The summed E-state index contributed by atoms with van der Waals surface area (Å²) in [6.07, 6.45) is 0.767. The van der Waals surface area contributed by atoms with E-state index in [1.165, 1.54) is 0 Å². The van der Waals surface area contributed by atoms with Gasteiger partial charge < -0.3 is 15.4 Å². The molecule has 1 unspecified atom stereocenters. The van der Waals surface area contributed by atoms with Crippen molar-refractivity contribution in [3.63, 3.8) is 0 Å². The Bertz CT molecular complexity index is 502. The molecular formula is C16H22N2O4. The second-order valence-corrected chi connectivity index (χ2v) is 4.76. The maximum Gasteiger partial charge on any atom is 0.305 e. The van der Waals surface area contributed by atoms with Gasteiger partial charge in [0.05, 0.1) is 6.61 Å². The molecule has 0 bridgehead atoms. The molecule has 0 heterocycles. The number of nitrogens with one attached hydrogen (secondary N) is 2. The molecule has 120 valence electrons. The highest BCUT2D eigenvalue weighted by molar-refractivity contribution is 5.97. The number of rotatable bonds is 8. The van der Waals surface area contributed by atoms with Gasteiger partial charge in [-0.2, -0.15) is 0 Å². The van der Waals surface area contributed by atoms with Crippen molar-refractivity contribution in [1.29, 1.82) is 0 Å². The van der Waals surface area contributed by atoms with Crippen LogP contribution in [0.3, 0.4) is 0 Å². The van der Waals surface area contributed by atoms with Crippen molar-refractivity contribution >= 4 is 17.8 Å². The largest absolute Gasteiger partial charge is 0.466 e. The molecule has 0 saturated carbocycles. The van der Waals surface area contributed by atoms with Crippen molar-refractivity contribution in [2.75, 3.05) is 13.2 Å². The van der Waals surface area contributed by atoms with Crippen molar-refractivity contribution in [1.82, 2.24) is 10.6 Å². The highest BCUT2D eigenvalue weighted by Crippen LogP contribution is 1.99. The number of ether oxygens (including phenoxy) is 1. The quantitative estimate of drug-likeness (QED) is 0.559. The highest BCUT2D eigenvalue weighted by Gasteiger charge is 2.16. The van der Waals surface area contributed by atoms with Crippen LogP contribution in [0.15, 0.2) is 30.3 Å². The molecule has 0 spiro atoms. The lowest BCUT2D eigenvalue weighted by Gasteiger charge is -2.14. The highest BCUT2D eigenvalue weighted by atomic mass is 16.5. The van der Waals surface area contributed by atoms with Crippen molar-refractivity contribution in [2.45, 2.75) is 32.7 Å². The summed E-state index contributed by atoms with van der Waals surface area (Å²) >= 11 is 0. The maximum absolute atomic E-state index is 11.9. The number of esters is 1. The Hall–Kier alpha value is -2.37. The minimum absolute atomic E-state index is 0.263. The molecule has 2 amide bonds. The van der Waals surface area contributed by atoms with Crippen LogP contribution in [0, 0.1) is 0 Å². The average Bonchev–Trinajstić information content (AvgIpc) is 2.52. The first-order chi connectivity index (χ1) is 10.5. The van der Waals surface area contributed by atoms with E-state index in [0.717, 1.165) is 0 Å². The third kappa shape index (κ3) is 6.39. The van der Waals surface area contributed by atoms with Gasteiger partial charge in [-0.1, -0.05) is 18.2 Å². The predicted octanol–water partition coefficient (Wildman–Crippen LogP) is 1.26. The number of amides is 2. The van der Waals surface area contributed by atoms with Crippen molar-refractivity contribution in [3.8, 4) is 0 Å². The normalized spacial score (nSPS) is 11.4. The molecule has 1 atom stereocenters. The summed E-state index contributed by atoms with van der Waals surface area (Å²) in [5, 5.41) is 5.30. The molecule has 0 aliphatic carbocycles. The first kappa shape index (κ1) is 17.7. The van der Waals surface area contributed by atoms with Crippen LogP contribution in [0.25, 0.3) is 0 Å². The summed E-state index contributed by atoms with van der Waals surface area (Å²) in [4.78, 5) is 34.9. The first-order valence-corrected chi connectivity index (χ1v) is 7.33. The van der Waals surface area contributed by atoms with Crippen LogP contribution in [0.5, 0.6) is 0 Å². The SMILES string of the molecule is CCOC(=O)CCCNC(=O)C(C)NC(=O)c1ccccc1. The van der Waals surface area contributed by atoms with E-state index in [4.69, 9.17) is 4.74 Å². The maximum atomic E-state index is 11.9. The zero-order valence-electron chi connectivity index (χ0n) is 12.9. The van der Waals surface area contributed by atoms with E-state index in [0.29, 0.717) is 25.1 Å². The van der Waals surface area contributed by atoms with Gasteiger partial charge in [-0.25, -0.2) is 0 Å². The molecule has 0 fully saturated rings. The summed E-state index contributed by atoms with van der Waals surface area (Å²) in [5.74, 6) is -0.856. The lowest BCUT2D eigenvalue weighted by Crippen LogP contribution is -2.45. The Morgan fingerprint density at radius 2 is 1.86 bits per heavy atom. The predicted molar refractivity (Wildman–Crippen MR) is 82.2 cm³/mol. The first-order valence-electron chi connectivity index (χ1n) is 7.33. The van der Waals surface area contributed by atoms with Crippen LogP contribution in [0.1, 0.15) is 37.0 Å². The number of hydrogen-bond donors (Lipinski definition) is 2. The van der Waals surface area contributed by atoms with Gasteiger partial charge in [0.15, 0.2) is 0 Å². The zero-order valence-corrected chi connectivity index (χ0v) is 12.9. The van der Waals surface area contributed by atoms with E-state index in [2.05, 4.69) is 10.6 Å². The Morgan fingerprint density at radius 3 is 2.50 bits per heavy atom. The zero-order chi connectivity index (χ0) is 16.4. The summed E-state index contributed by atoms with van der Waals surface area (Å²) in [6.45, 7) is 4.08. The summed E-state index contributed by atoms with van der Waals surface area (Å²) in [7, 11) is 0. The smallest absolute Gasteiger partial charge is 0.305 e. The molecule has 0 radical (unpaired) electrons. The van der Waals surface area contributed by atoms with Crippen LogP contribution in [-0.2, 0) is 14.3 Å². The summed E-state index contributed by atoms with van der Waals surface area (Å²) in [5.41, 5.74) is 0.504. The van der Waals surface area contributed by atoms with Gasteiger partial charge >= 0.3 is 5.97 Å². The Balaban J connectivity index is 2.27. The molecule has 6 heteroatoms. The van der Waals surface area contributed by atoms with Crippen molar-refractivity contribution in [3.05, 3.63) is 35.9 Å². The lowest BCUT2D eigenvalue weighted by atomic mass is 10.2. The Morgan fingerprint density at radius 1 is 1.18 bits per heavy atom. The third-order valence-electron chi connectivity index (χ3n) is 2.94. The van der Waals surface area contributed by atoms with Gasteiger partial charge in [-0.3, -0.25) is 14.4 Å². The Labute approximate surface area is 130 Å². The molecule has 1 aromatic rings. The summed E-state index contributed by atoms with van der Waals surface area (Å²) in [6, 6.07) is 8.05. The minimum Gasteiger partial charge on any atom is -0.466 e. The van der Waals surface area contributed by atoms with Crippen LogP contribution in [0.4, 0.5) is 0 Å². The molecule has 1 rings (SSSR count). The fraction of sp³-hybridized carbons (Fsp3) is 0.438. The van der Waals surface area contributed by atoms with Crippen LogP contribution >= 0.6 is 0 Å². The lowest BCUT2D eigenvalue weighted by molar-refractivity contribution is -0.143. The molecule has 22 heavy (non-hydrogen) atoms. The van der Waals surface area contributed by atoms with Gasteiger partial charge in [0.1, 0.15) is 6.04 Å². The number of hydrogen-bond acceptors (Lipinski definition) is 4. The van der Waals surface area contributed by atoms with Gasteiger partial charge in [-0.05, 0) is 32.4 Å². The molecule has 1 aromatic carbocycles. The molecule has 0 aromatic heterocycles. The number of benzene rings is 1.